The quantitative estimate of drug-likeness (QED) is 0.686. The second-order valence-electron chi connectivity index (χ2n) is 8.47. The highest BCUT2D eigenvalue weighted by molar-refractivity contribution is 6.10. The predicted molar refractivity (Wildman–Crippen MR) is 119 cm³/mol. The van der Waals surface area contributed by atoms with Crippen LogP contribution in [0.1, 0.15) is 55.5 Å². The van der Waals surface area contributed by atoms with Gasteiger partial charge in [0.25, 0.3) is 5.91 Å². The van der Waals surface area contributed by atoms with Crippen molar-refractivity contribution in [2.75, 3.05) is 18.0 Å². The molecule has 0 saturated carbocycles. The van der Waals surface area contributed by atoms with E-state index in [1.54, 1.807) is 15.9 Å². The fraction of sp³-hybridized carbons (Fsp3) is 0.400. The van der Waals surface area contributed by atoms with Crippen molar-refractivity contribution in [2.24, 2.45) is 0 Å². The zero-order valence-electron chi connectivity index (χ0n) is 18.2. The molecule has 4 rings (SSSR count). The molecule has 2 aromatic rings. The van der Waals surface area contributed by atoms with Gasteiger partial charge >= 0.3 is 0 Å². The number of nitrogens with zero attached hydrogens (tertiary/aromatic N) is 3. The predicted octanol–water partition coefficient (Wildman–Crippen LogP) is 3.81. The minimum atomic E-state index is -0.724. The first-order chi connectivity index (χ1) is 15.0. The summed E-state index contributed by atoms with van der Waals surface area (Å²) in [4.78, 5) is 44.4. The molecule has 0 aromatic heterocycles. The molecule has 2 aliphatic rings. The van der Waals surface area contributed by atoms with E-state index in [0.717, 1.165) is 12.0 Å². The molecule has 2 aliphatic heterocycles. The van der Waals surface area contributed by atoms with Crippen molar-refractivity contribution in [3.63, 3.8) is 0 Å². The van der Waals surface area contributed by atoms with Gasteiger partial charge in [-0.15, -0.1) is 0 Å². The molecule has 3 amide bonds. The molecule has 0 aliphatic carbocycles. The second kappa shape index (κ2) is 8.53. The lowest BCUT2D eigenvalue weighted by molar-refractivity contribution is -0.132. The Balaban J connectivity index is 1.53. The molecule has 31 heavy (non-hydrogen) atoms. The Morgan fingerprint density at radius 3 is 2.52 bits per heavy atom. The molecule has 6 nitrogen and oxygen atoms in total. The van der Waals surface area contributed by atoms with Crippen LogP contribution >= 0.6 is 0 Å². The number of benzene rings is 2. The summed E-state index contributed by atoms with van der Waals surface area (Å²) in [5.41, 5.74) is 1.57. The first kappa shape index (κ1) is 21.1. The molecule has 1 atom stereocenters. The number of carbonyl (C=O) groups excluding carboxylic acids is 3. The molecule has 0 N–H and O–H groups in total. The molecule has 2 heterocycles. The number of para-hydroxylation sites is 1. The van der Waals surface area contributed by atoms with Gasteiger partial charge in [0.2, 0.25) is 11.8 Å². The molecular weight excluding hydrogens is 390 g/mol. The Labute approximate surface area is 183 Å². The van der Waals surface area contributed by atoms with Gasteiger partial charge in [0.05, 0.1) is 11.3 Å². The highest BCUT2D eigenvalue weighted by Crippen LogP contribution is 2.43. The highest BCUT2D eigenvalue weighted by Gasteiger charge is 2.52. The number of rotatable bonds is 7. The summed E-state index contributed by atoms with van der Waals surface area (Å²) in [5.74, 6) is -0.0609. The van der Waals surface area contributed by atoms with Crippen molar-refractivity contribution >= 4 is 23.4 Å². The lowest BCUT2D eigenvalue weighted by Gasteiger charge is -2.48. The highest BCUT2D eigenvalue weighted by atomic mass is 16.2. The maximum atomic E-state index is 13.3. The van der Waals surface area contributed by atoms with Gasteiger partial charge in [0, 0.05) is 32.5 Å². The van der Waals surface area contributed by atoms with Crippen LogP contribution in [0.4, 0.5) is 5.69 Å². The number of anilines is 1. The second-order valence-corrected chi connectivity index (χ2v) is 8.47. The van der Waals surface area contributed by atoms with Crippen LogP contribution in [-0.4, -0.2) is 46.3 Å². The van der Waals surface area contributed by atoms with Gasteiger partial charge in [-0.2, -0.15) is 0 Å². The van der Waals surface area contributed by atoms with Gasteiger partial charge in [0.1, 0.15) is 5.66 Å². The fourth-order valence-electron chi connectivity index (χ4n) is 4.77. The molecule has 0 spiro atoms. The summed E-state index contributed by atoms with van der Waals surface area (Å²) >= 11 is 0. The monoisotopic (exact) mass is 419 g/mol. The zero-order chi connectivity index (χ0) is 22.0. The molecule has 2 aromatic carbocycles. The van der Waals surface area contributed by atoms with Gasteiger partial charge < -0.3 is 9.80 Å². The Morgan fingerprint density at radius 2 is 1.77 bits per heavy atom. The normalized spacial score (nSPS) is 19.9. The third-order valence-electron chi connectivity index (χ3n) is 6.36. The van der Waals surface area contributed by atoms with Gasteiger partial charge in [0.15, 0.2) is 0 Å². The van der Waals surface area contributed by atoms with E-state index in [1.807, 2.05) is 60.4 Å². The Kier molecular flexibility index (Phi) is 5.81. The van der Waals surface area contributed by atoms with Crippen LogP contribution in [0, 0.1) is 0 Å². The molecule has 162 valence electrons. The van der Waals surface area contributed by atoms with E-state index in [2.05, 4.69) is 6.92 Å². The lowest BCUT2D eigenvalue weighted by Crippen LogP contribution is -2.62. The summed E-state index contributed by atoms with van der Waals surface area (Å²) in [7, 11) is 0. The number of hydrogen-bond acceptors (Lipinski definition) is 3. The van der Waals surface area contributed by atoms with Crippen molar-refractivity contribution < 1.29 is 14.4 Å². The van der Waals surface area contributed by atoms with E-state index >= 15 is 0 Å². The first-order valence-electron chi connectivity index (χ1n) is 11.0. The third kappa shape index (κ3) is 3.82. The van der Waals surface area contributed by atoms with E-state index in [-0.39, 0.29) is 24.1 Å². The van der Waals surface area contributed by atoms with Crippen molar-refractivity contribution in [1.29, 1.82) is 0 Å². The maximum absolute atomic E-state index is 13.3. The van der Waals surface area contributed by atoms with Crippen molar-refractivity contribution in [1.82, 2.24) is 9.80 Å². The molecule has 1 saturated heterocycles. The molecule has 0 radical (unpaired) electrons. The Morgan fingerprint density at radius 1 is 1.06 bits per heavy atom. The van der Waals surface area contributed by atoms with Crippen LogP contribution in [0.25, 0.3) is 0 Å². The zero-order valence-corrected chi connectivity index (χ0v) is 18.2. The summed E-state index contributed by atoms with van der Waals surface area (Å²) in [6.07, 6.45) is 2.08. The summed E-state index contributed by atoms with van der Waals surface area (Å²) in [5, 5.41) is 0. The van der Waals surface area contributed by atoms with E-state index < -0.39 is 5.66 Å². The molecule has 1 fully saturated rings. The van der Waals surface area contributed by atoms with E-state index in [4.69, 9.17) is 0 Å². The Hall–Kier alpha value is -3.15. The van der Waals surface area contributed by atoms with Crippen LogP contribution in [0.3, 0.4) is 0 Å². The summed E-state index contributed by atoms with van der Waals surface area (Å²) in [6, 6.07) is 17.2. The summed E-state index contributed by atoms with van der Waals surface area (Å²) < 4.78 is 0. The molecule has 6 heteroatoms. The number of amides is 3. The van der Waals surface area contributed by atoms with Crippen molar-refractivity contribution in [2.45, 2.75) is 51.7 Å². The Bertz CT molecular complexity index is 991. The van der Waals surface area contributed by atoms with Crippen LogP contribution < -0.4 is 4.90 Å². The van der Waals surface area contributed by atoms with Crippen LogP contribution in [0.5, 0.6) is 0 Å². The van der Waals surface area contributed by atoms with Gasteiger partial charge in [-0.3, -0.25) is 19.3 Å². The average molecular weight is 420 g/mol. The van der Waals surface area contributed by atoms with Crippen molar-refractivity contribution in [3.8, 4) is 0 Å². The minimum absolute atomic E-state index is 0.0236. The van der Waals surface area contributed by atoms with Crippen molar-refractivity contribution in [3.05, 3.63) is 65.7 Å². The van der Waals surface area contributed by atoms with Crippen LogP contribution in [0.15, 0.2) is 54.6 Å². The first-order valence-corrected chi connectivity index (χ1v) is 11.0. The number of hydrogen-bond donors (Lipinski definition) is 0. The standard InChI is InChI=1S/C25H29N3O3/c1-3-16-26(18-19-9-5-4-6-10-19)22(29)14-17-27-24(31)20-11-7-8-12-21(20)28-23(30)13-15-25(27,28)2/h4-12H,3,13-18H2,1-2H3. The van der Waals surface area contributed by atoms with Crippen LogP contribution in [0.2, 0.25) is 0 Å². The average Bonchev–Trinajstić information content (AvgIpc) is 3.09. The van der Waals surface area contributed by atoms with Crippen LogP contribution in [-0.2, 0) is 16.1 Å². The van der Waals surface area contributed by atoms with E-state index in [9.17, 15) is 14.4 Å². The molecular formula is C25H29N3O3. The van der Waals surface area contributed by atoms with E-state index in [0.29, 0.717) is 43.7 Å². The molecule has 1 unspecified atom stereocenters. The SMILES string of the molecule is CCCN(Cc1ccccc1)C(=O)CCN1C(=O)c2ccccc2N2C(=O)CCC12C. The van der Waals surface area contributed by atoms with E-state index in [1.165, 1.54) is 0 Å². The van der Waals surface area contributed by atoms with Gasteiger partial charge in [-0.05, 0) is 37.5 Å². The topological polar surface area (TPSA) is 60.9 Å². The summed E-state index contributed by atoms with van der Waals surface area (Å²) in [6.45, 7) is 5.52. The minimum Gasteiger partial charge on any atom is -0.338 e. The third-order valence-corrected chi connectivity index (χ3v) is 6.36. The maximum Gasteiger partial charge on any atom is 0.257 e. The largest absolute Gasteiger partial charge is 0.338 e. The number of fused-ring (bicyclic) bond motifs is 3. The number of carbonyl (C=O) groups is 3. The lowest BCUT2D eigenvalue weighted by atomic mass is 9.98. The van der Waals surface area contributed by atoms with Gasteiger partial charge in [-0.1, -0.05) is 49.4 Å². The fourth-order valence-corrected chi connectivity index (χ4v) is 4.77. The smallest absolute Gasteiger partial charge is 0.257 e. The van der Waals surface area contributed by atoms with Gasteiger partial charge in [-0.25, -0.2) is 0 Å². The molecule has 0 bridgehead atoms.